The number of nitrogens with one attached hydrogen (secondary N) is 2. The van der Waals surface area contributed by atoms with E-state index in [1.165, 1.54) is 31.4 Å². The van der Waals surface area contributed by atoms with Crippen molar-refractivity contribution in [3.8, 4) is 11.5 Å². The highest BCUT2D eigenvalue weighted by Crippen LogP contribution is 2.54. The van der Waals surface area contributed by atoms with Crippen LogP contribution in [0.1, 0.15) is 42.5 Å². The molecule has 1 heterocycles. The number of hydrogen-bond acceptors (Lipinski definition) is 8. The second kappa shape index (κ2) is 9.36. The summed E-state index contributed by atoms with van der Waals surface area (Å²) in [5, 5.41) is 12.7. The third-order valence-corrected chi connectivity index (χ3v) is 9.50. The van der Waals surface area contributed by atoms with Gasteiger partial charge in [-0.1, -0.05) is 6.07 Å². The van der Waals surface area contributed by atoms with Gasteiger partial charge in [0.25, 0.3) is 5.91 Å². The van der Waals surface area contributed by atoms with Gasteiger partial charge in [0.1, 0.15) is 11.5 Å². The number of rotatable bonds is 6. The molecule has 1 spiro atoms. The molecule has 1 aliphatic carbocycles. The van der Waals surface area contributed by atoms with E-state index in [-0.39, 0.29) is 34.5 Å². The number of hydrogen-bond donors (Lipinski definition) is 3. The zero-order valence-electron chi connectivity index (χ0n) is 18.9. The van der Waals surface area contributed by atoms with E-state index in [9.17, 15) is 23.2 Å². The summed E-state index contributed by atoms with van der Waals surface area (Å²) < 4.78 is 36.3. The summed E-state index contributed by atoms with van der Waals surface area (Å²) in [6, 6.07) is 11.9. The fourth-order valence-electron chi connectivity index (χ4n) is 5.10. The molecule has 182 valence electrons. The summed E-state index contributed by atoms with van der Waals surface area (Å²) in [7, 11) is -2.70. The molecular weight excluding hydrogens is 460 g/mol. The molecule has 2 aliphatic rings. The van der Waals surface area contributed by atoms with E-state index in [1.807, 2.05) is 0 Å². The lowest BCUT2D eigenvalue weighted by Crippen LogP contribution is -2.51. The topological polar surface area (TPSA) is 131 Å². The van der Waals surface area contributed by atoms with E-state index < -0.39 is 26.5 Å². The molecule has 1 amide bonds. The molecule has 3 N–H and O–H groups in total. The van der Waals surface area contributed by atoms with Gasteiger partial charge in [-0.3, -0.25) is 10.0 Å². The van der Waals surface area contributed by atoms with Crippen molar-refractivity contribution in [3.63, 3.8) is 0 Å². The predicted octanol–water partition coefficient (Wildman–Crippen LogP) is 2.49. The van der Waals surface area contributed by atoms with Crippen molar-refractivity contribution in [1.29, 1.82) is 0 Å². The van der Waals surface area contributed by atoms with Crippen LogP contribution in [0.5, 0.6) is 11.5 Å². The van der Waals surface area contributed by atoms with E-state index in [1.54, 1.807) is 29.7 Å². The number of carbonyl (C=O) groups is 2. The maximum absolute atomic E-state index is 13.8. The summed E-state index contributed by atoms with van der Waals surface area (Å²) in [6.07, 6.45) is 2.35. The van der Waals surface area contributed by atoms with Gasteiger partial charge in [0.15, 0.2) is 14.6 Å². The molecule has 2 aromatic carbocycles. The first-order valence-electron chi connectivity index (χ1n) is 11.1. The van der Waals surface area contributed by atoms with Crippen LogP contribution in [0.25, 0.3) is 0 Å². The van der Waals surface area contributed by atoms with Gasteiger partial charge in [-0.15, -0.1) is 0 Å². The molecule has 4 rings (SSSR count). The maximum atomic E-state index is 13.8. The van der Waals surface area contributed by atoms with E-state index in [0.717, 1.165) is 25.9 Å². The van der Waals surface area contributed by atoms with E-state index in [2.05, 4.69) is 5.32 Å². The van der Waals surface area contributed by atoms with Crippen molar-refractivity contribution < 1.29 is 32.7 Å². The van der Waals surface area contributed by atoms with Crippen LogP contribution in [0.15, 0.2) is 53.4 Å². The Morgan fingerprint density at radius 1 is 1.00 bits per heavy atom. The van der Waals surface area contributed by atoms with Crippen LogP contribution in [-0.4, -0.2) is 50.4 Å². The van der Waals surface area contributed by atoms with Gasteiger partial charge in [-0.25, -0.2) is 18.7 Å². The Kier molecular flexibility index (Phi) is 6.66. The standard InChI is InChI=1S/C24H28N2O7S/c1-32-18-7-5-17(6-8-18)21(27)33-19-3-2-4-20(15-19)34(30,31)24(22(28)26-29)10-9-23(16-24)11-13-25-14-12-23/h2-8,15,25,29H,9-14,16H2,1H3,(H,26,28). The third-order valence-electron chi connectivity index (χ3n) is 7.07. The molecular formula is C24H28N2O7S. The molecule has 0 radical (unpaired) electrons. The van der Waals surface area contributed by atoms with Crippen LogP contribution in [-0.2, 0) is 14.6 Å². The molecule has 9 nitrogen and oxygen atoms in total. The van der Waals surface area contributed by atoms with Gasteiger partial charge in [-0.2, -0.15) is 0 Å². The summed E-state index contributed by atoms with van der Waals surface area (Å²) in [5.41, 5.74) is 1.59. The van der Waals surface area contributed by atoms with E-state index in [0.29, 0.717) is 12.2 Å². The number of amides is 1. The van der Waals surface area contributed by atoms with Crippen molar-refractivity contribution in [1.82, 2.24) is 10.8 Å². The lowest BCUT2D eigenvalue weighted by Gasteiger charge is -2.36. The van der Waals surface area contributed by atoms with Gasteiger partial charge >= 0.3 is 5.97 Å². The highest BCUT2D eigenvalue weighted by Gasteiger charge is 2.60. The quantitative estimate of drug-likeness (QED) is 0.245. The Hall–Kier alpha value is -2.95. The van der Waals surface area contributed by atoms with Crippen molar-refractivity contribution in [2.45, 2.75) is 41.7 Å². The van der Waals surface area contributed by atoms with Crippen LogP contribution >= 0.6 is 0 Å². The summed E-state index contributed by atoms with van der Waals surface area (Å²) >= 11 is 0. The van der Waals surface area contributed by atoms with Gasteiger partial charge < -0.3 is 14.8 Å². The Morgan fingerprint density at radius 2 is 1.71 bits per heavy atom. The first-order chi connectivity index (χ1) is 16.2. The van der Waals surface area contributed by atoms with Crippen molar-refractivity contribution in [2.24, 2.45) is 5.41 Å². The Balaban J connectivity index is 1.62. The van der Waals surface area contributed by atoms with Gasteiger partial charge in [0.2, 0.25) is 0 Å². The van der Waals surface area contributed by atoms with Crippen molar-refractivity contribution >= 4 is 21.7 Å². The molecule has 1 aliphatic heterocycles. The largest absolute Gasteiger partial charge is 0.497 e. The lowest BCUT2D eigenvalue weighted by atomic mass is 9.77. The average molecular weight is 489 g/mol. The fraction of sp³-hybridized carbons (Fsp3) is 0.417. The maximum Gasteiger partial charge on any atom is 0.343 e. The van der Waals surface area contributed by atoms with Crippen LogP contribution in [0.3, 0.4) is 0 Å². The third kappa shape index (κ3) is 4.28. The lowest BCUT2D eigenvalue weighted by molar-refractivity contribution is -0.132. The molecule has 1 saturated carbocycles. The van der Waals surface area contributed by atoms with Crippen LogP contribution in [0.2, 0.25) is 0 Å². The average Bonchev–Trinajstić information content (AvgIpc) is 3.24. The fourth-order valence-corrected chi connectivity index (χ4v) is 7.24. The first kappa shape index (κ1) is 24.2. The molecule has 1 atom stereocenters. The predicted molar refractivity (Wildman–Crippen MR) is 123 cm³/mol. The van der Waals surface area contributed by atoms with Crippen molar-refractivity contribution in [2.75, 3.05) is 20.2 Å². The number of methoxy groups -OCH3 is 1. The first-order valence-corrected chi connectivity index (χ1v) is 12.6. The number of carbonyl (C=O) groups excluding carboxylic acids is 2. The Morgan fingerprint density at radius 3 is 2.35 bits per heavy atom. The van der Waals surface area contributed by atoms with E-state index >= 15 is 0 Å². The van der Waals surface area contributed by atoms with Crippen LogP contribution in [0.4, 0.5) is 0 Å². The van der Waals surface area contributed by atoms with Crippen molar-refractivity contribution in [3.05, 3.63) is 54.1 Å². The number of ether oxygens (including phenoxy) is 2. The zero-order valence-corrected chi connectivity index (χ0v) is 19.7. The summed E-state index contributed by atoms with van der Waals surface area (Å²) in [4.78, 5) is 25.2. The number of hydroxylamine groups is 1. The summed E-state index contributed by atoms with van der Waals surface area (Å²) in [6.45, 7) is 1.52. The van der Waals surface area contributed by atoms with Crippen LogP contribution < -0.4 is 20.3 Å². The molecule has 2 aromatic rings. The summed E-state index contributed by atoms with van der Waals surface area (Å²) in [5.74, 6) is -0.964. The zero-order chi connectivity index (χ0) is 24.4. The molecule has 10 heteroatoms. The molecule has 34 heavy (non-hydrogen) atoms. The monoisotopic (exact) mass is 488 g/mol. The second-order valence-corrected chi connectivity index (χ2v) is 11.2. The number of sulfone groups is 1. The van der Waals surface area contributed by atoms with Gasteiger partial charge in [-0.05, 0) is 93.1 Å². The minimum Gasteiger partial charge on any atom is -0.497 e. The van der Waals surface area contributed by atoms with E-state index in [4.69, 9.17) is 9.47 Å². The SMILES string of the molecule is COc1ccc(C(=O)Oc2cccc(S(=O)(=O)C3(C(=O)NO)CCC4(CCNCC4)C3)c2)cc1. The number of esters is 1. The normalized spacial score (nSPS) is 21.7. The number of benzene rings is 2. The second-order valence-electron chi connectivity index (χ2n) is 8.96. The highest BCUT2D eigenvalue weighted by molar-refractivity contribution is 7.93. The molecule has 0 aromatic heterocycles. The van der Waals surface area contributed by atoms with Crippen LogP contribution in [0, 0.1) is 5.41 Å². The Labute approximate surface area is 198 Å². The highest BCUT2D eigenvalue weighted by atomic mass is 32.2. The minimum absolute atomic E-state index is 0.0380. The smallest absolute Gasteiger partial charge is 0.343 e. The molecule has 1 saturated heterocycles. The minimum atomic E-state index is -4.22. The van der Waals surface area contributed by atoms with Gasteiger partial charge in [0.05, 0.1) is 17.6 Å². The van der Waals surface area contributed by atoms with Gasteiger partial charge in [0, 0.05) is 0 Å². The molecule has 2 fully saturated rings. The Bertz CT molecular complexity index is 1170. The number of piperidine rings is 1. The molecule has 0 bridgehead atoms. The molecule has 1 unspecified atom stereocenters.